The molecule has 4 nitrogen and oxygen atoms in total. The molecule has 1 atom stereocenters. The zero-order valence-electron chi connectivity index (χ0n) is 27.7. The van der Waals surface area contributed by atoms with E-state index in [9.17, 15) is 9.59 Å². The number of hydrogen-bond donors (Lipinski definition) is 0. The maximum absolute atomic E-state index is 13.0. The number of allylic oxidation sites excluding steroid dienone is 19. The molecule has 0 amide bonds. The Morgan fingerprint density at radius 1 is 0.857 bits per heavy atom. The lowest BCUT2D eigenvalue weighted by Gasteiger charge is -2.36. The third-order valence-corrected chi connectivity index (χ3v) is 6.96. The van der Waals surface area contributed by atoms with Crippen LogP contribution < -0.4 is 0 Å². The van der Waals surface area contributed by atoms with Crippen LogP contribution in [0.5, 0.6) is 0 Å². The van der Waals surface area contributed by atoms with E-state index in [0.29, 0.717) is 18.4 Å². The molecular formula is C38H53NO3. The van der Waals surface area contributed by atoms with E-state index in [4.69, 9.17) is 4.74 Å². The predicted octanol–water partition coefficient (Wildman–Crippen LogP) is 9.14. The van der Waals surface area contributed by atoms with Crippen LogP contribution in [0.1, 0.15) is 74.7 Å². The first-order chi connectivity index (χ1) is 19.8. The van der Waals surface area contributed by atoms with Crippen LogP contribution in [0.25, 0.3) is 0 Å². The second-order valence-electron chi connectivity index (χ2n) is 12.0. The summed E-state index contributed by atoms with van der Waals surface area (Å²) in [5.74, 6) is -0.395. The lowest BCUT2D eigenvalue weighted by molar-refractivity contribution is -0.156. The Morgan fingerprint density at radius 3 is 1.88 bits per heavy atom. The Balaban J connectivity index is 2.79. The predicted molar refractivity (Wildman–Crippen MR) is 180 cm³/mol. The number of carbonyl (C=O) groups is 2. The first kappa shape index (κ1) is 36.5. The summed E-state index contributed by atoms with van der Waals surface area (Å²) < 4.78 is 5.61. The Bertz CT molecular complexity index is 1240. The minimum absolute atomic E-state index is 0.0947. The SMILES string of the molecule is C/C=C/C(C)=C/C=C/C(C)=C/C=C/C=C(C)/C=C/C=C(C)/C=C/C1=C(C)C(=O)C(OC(=O)CCCN(C)C)CC1(C)C. The van der Waals surface area contributed by atoms with Crippen molar-refractivity contribution in [1.82, 2.24) is 4.90 Å². The molecule has 0 spiro atoms. The number of ketones is 1. The topological polar surface area (TPSA) is 46.6 Å². The van der Waals surface area contributed by atoms with Gasteiger partial charge in [-0.25, -0.2) is 0 Å². The third kappa shape index (κ3) is 14.4. The summed E-state index contributed by atoms with van der Waals surface area (Å²) in [5, 5.41) is 0. The Morgan fingerprint density at radius 2 is 1.36 bits per heavy atom. The fourth-order valence-electron chi connectivity index (χ4n) is 4.57. The van der Waals surface area contributed by atoms with Crippen molar-refractivity contribution >= 4 is 11.8 Å². The fraction of sp³-hybridized carbons (Fsp3) is 0.421. The molecule has 228 valence electrons. The standard InChI is InChI=1S/C38H53NO3/c1-11-17-29(2)20-14-21-30(3)18-12-13-19-31(4)22-15-23-32(5)25-26-34-33(6)37(41)35(28-38(34,7)8)42-36(40)24-16-27-39(9)10/h11-15,17-23,25-26,35H,16,24,27-28H2,1-10H3/b13-12+,17-11+,21-14+,22-15+,26-25+,29-20+,30-18+,31-19+,32-23+. The van der Waals surface area contributed by atoms with Crippen molar-refractivity contribution in [3.05, 3.63) is 119 Å². The van der Waals surface area contributed by atoms with E-state index in [1.54, 1.807) is 0 Å². The molecule has 0 fully saturated rings. The van der Waals surface area contributed by atoms with Gasteiger partial charge in [-0.1, -0.05) is 121 Å². The van der Waals surface area contributed by atoms with E-state index in [2.05, 4.69) is 83.2 Å². The number of carbonyl (C=O) groups excluding carboxylic acids is 2. The quantitative estimate of drug-likeness (QED) is 0.154. The molecule has 1 unspecified atom stereocenters. The summed E-state index contributed by atoms with van der Waals surface area (Å²) in [7, 11) is 3.94. The molecule has 1 rings (SSSR count). The molecule has 1 aliphatic carbocycles. The highest BCUT2D eigenvalue weighted by molar-refractivity contribution is 6.01. The number of ether oxygens (including phenoxy) is 1. The van der Waals surface area contributed by atoms with Crippen LogP contribution in [-0.4, -0.2) is 43.4 Å². The van der Waals surface area contributed by atoms with E-state index >= 15 is 0 Å². The van der Waals surface area contributed by atoms with Gasteiger partial charge in [0.25, 0.3) is 0 Å². The highest BCUT2D eigenvalue weighted by atomic mass is 16.5. The van der Waals surface area contributed by atoms with E-state index in [-0.39, 0.29) is 17.2 Å². The number of rotatable bonds is 14. The summed E-state index contributed by atoms with van der Waals surface area (Å²) in [4.78, 5) is 27.4. The van der Waals surface area contributed by atoms with Gasteiger partial charge in [0, 0.05) is 12.8 Å². The molecule has 0 N–H and O–H groups in total. The average Bonchev–Trinajstić information content (AvgIpc) is 2.89. The molecule has 0 aliphatic heterocycles. The van der Waals surface area contributed by atoms with Crippen molar-refractivity contribution in [3.8, 4) is 0 Å². The Labute approximate surface area is 256 Å². The molecule has 0 aromatic rings. The summed E-state index contributed by atoms with van der Waals surface area (Å²) in [6.07, 6.45) is 29.7. The molecule has 42 heavy (non-hydrogen) atoms. The van der Waals surface area contributed by atoms with Crippen LogP contribution >= 0.6 is 0 Å². The van der Waals surface area contributed by atoms with Crippen molar-refractivity contribution in [2.75, 3.05) is 20.6 Å². The molecule has 0 bridgehead atoms. The molecule has 0 radical (unpaired) electrons. The normalized spacial score (nSPS) is 19.7. The smallest absolute Gasteiger partial charge is 0.306 e. The third-order valence-electron chi connectivity index (χ3n) is 6.96. The molecule has 4 heteroatoms. The van der Waals surface area contributed by atoms with E-state index in [0.717, 1.165) is 29.7 Å². The largest absolute Gasteiger partial charge is 0.454 e. The van der Waals surface area contributed by atoms with Crippen molar-refractivity contribution in [3.63, 3.8) is 0 Å². The van der Waals surface area contributed by atoms with Gasteiger partial charge in [0.1, 0.15) is 0 Å². The van der Waals surface area contributed by atoms with Gasteiger partial charge in [0.05, 0.1) is 0 Å². The zero-order chi connectivity index (χ0) is 31.7. The van der Waals surface area contributed by atoms with Gasteiger partial charge in [-0.3, -0.25) is 9.59 Å². The first-order valence-electron chi connectivity index (χ1n) is 14.9. The van der Waals surface area contributed by atoms with Crippen LogP contribution in [0.4, 0.5) is 0 Å². The van der Waals surface area contributed by atoms with Gasteiger partial charge in [0.2, 0.25) is 0 Å². The summed E-state index contributed by atoms with van der Waals surface area (Å²) >= 11 is 0. The molecule has 0 aromatic carbocycles. The molecule has 0 saturated heterocycles. The second kappa shape index (κ2) is 18.8. The van der Waals surface area contributed by atoms with Crippen LogP contribution in [0, 0.1) is 5.41 Å². The van der Waals surface area contributed by atoms with Crippen LogP contribution in [-0.2, 0) is 14.3 Å². The number of hydrogen-bond acceptors (Lipinski definition) is 4. The van der Waals surface area contributed by atoms with Gasteiger partial charge >= 0.3 is 5.97 Å². The van der Waals surface area contributed by atoms with Crippen molar-refractivity contribution in [2.45, 2.75) is 80.8 Å². The number of nitrogens with zero attached hydrogens (tertiary/aromatic N) is 1. The minimum Gasteiger partial charge on any atom is -0.454 e. The fourth-order valence-corrected chi connectivity index (χ4v) is 4.57. The molecule has 0 heterocycles. The highest BCUT2D eigenvalue weighted by Crippen LogP contribution is 2.40. The van der Waals surface area contributed by atoms with Crippen molar-refractivity contribution in [1.29, 1.82) is 0 Å². The van der Waals surface area contributed by atoms with Crippen molar-refractivity contribution < 1.29 is 14.3 Å². The average molecular weight is 572 g/mol. The monoisotopic (exact) mass is 571 g/mol. The summed E-state index contributed by atoms with van der Waals surface area (Å²) in [5.41, 5.74) is 6.01. The van der Waals surface area contributed by atoms with E-state index in [1.165, 1.54) is 11.1 Å². The van der Waals surface area contributed by atoms with Crippen LogP contribution in [0.2, 0.25) is 0 Å². The molecule has 1 aliphatic rings. The maximum Gasteiger partial charge on any atom is 0.306 e. The van der Waals surface area contributed by atoms with Gasteiger partial charge in [-0.2, -0.15) is 0 Å². The maximum atomic E-state index is 13.0. The molecule has 0 saturated carbocycles. The summed E-state index contributed by atoms with van der Waals surface area (Å²) in [6.45, 7) is 17.2. The van der Waals surface area contributed by atoms with Gasteiger partial charge < -0.3 is 9.64 Å². The molecule has 0 aromatic heterocycles. The zero-order valence-corrected chi connectivity index (χ0v) is 27.7. The minimum atomic E-state index is -0.710. The number of Topliss-reactive ketones (excluding diaryl/α,β-unsaturated/α-hetero) is 1. The highest BCUT2D eigenvalue weighted by Gasteiger charge is 2.39. The molecular weight excluding hydrogens is 518 g/mol. The van der Waals surface area contributed by atoms with E-state index < -0.39 is 6.10 Å². The second-order valence-corrected chi connectivity index (χ2v) is 12.0. The van der Waals surface area contributed by atoms with Gasteiger partial charge in [-0.15, -0.1) is 0 Å². The first-order valence-corrected chi connectivity index (χ1v) is 14.9. The Kier molecular flexibility index (Phi) is 16.4. The van der Waals surface area contributed by atoms with Gasteiger partial charge in [-0.05, 0) is 85.2 Å². The number of esters is 1. The van der Waals surface area contributed by atoms with Crippen LogP contribution in [0.3, 0.4) is 0 Å². The van der Waals surface area contributed by atoms with E-state index in [1.807, 2.05) is 76.2 Å². The van der Waals surface area contributed by atoms with Crippen LogP contribution in [0.15, 0.2) is 119 Å². The lowest BCUT2D eigenvalue weighted by Crippen LogP contribution is -2.39. The van der Waals surface area contributed by atoms with Crippen molar-refractivity contribution in [2.24, 2.45) is 5.41 Å². The van der Waals surface area contributed by atoms with Gasteiger partial charge in [0.15, 0.2) is 11.9 Å². The Hall–Kier alpha value is -3.50. The summed E-state index contributed by atoms with van der Waals surface area (Å²) in [6, 6.07) is 0. The lowest BCUT2D eigenvalue weighted by atomic mass is 9.71.